The van der Waals surface area contributed by atoms with Gasteiger partial charge in [0.25, 0.3) is 0 Å². The fraction of sp³-hybridized carbons (Fsp3) is 0.273. The van der Waals surface area contributed by atoms with Crippen molar-refractivity contribution < 1.29 is 22.7 Å². The van der Waals surface area contributed by atoms with E-state index in [0.717, 1.165) is 22.8 Å². The second-order valence-corrected chi connectivity index (χ2v) is 7.16. The van der Waals surface area contributed by atoms with E-state index in [2.05, 4.69) is 15.5 Å². The molecule has 0 spiro atoms. The Balaban J connectivity index is 1.59. The third kappa shape index (κ3) is 3.90. The third-order valence-corrected chi connectivity index (χ3v) is 5.27. The van der Waals surface area contributed by atoms with Gasteiger partial charge in [0.2, 0.25) is 5.91 Å². The number of ether oxygens (including phenoxy) is 1. The molecule has 4 rings (SSSR count). The van der Waals surface area contributed by atoms with Crippen molar-refractivity contribution >= 4 is 11.7 Å². The molecule has 0 fully saturated rings. The van der Waals surface area contributed by atoms with E-state index in [1.165, 1.54) is 12.1 Å². The van der Waals surface area contributed by atoms with Crippen molar-refractivity contribution in [2.24, 2.45) is 0 Å². The molecule has 1 aromatic heterocycles. The Labute approximate surface area is 171 Å². The molecule has 2 N–H and O–H groups in total. The minimum absolute atomic E-state index is 0.0862. The number of halogens is 3. The van der Waals surface area contributed by atoms with Crippen LogP contribution >= 0.6 is 0 Å². The Kier molecular flexibility index (Phi) is 5.24. The summed E-state index contributed by atoms with van der Waals surface area (Å²) in [5.41, 5.74) is 2.10. The fourth-order valence-corrected chi connectivity index (χ4v) is 3.75. The highest BCUT2D eigenvalue weighted by molar-refractivity contribution is 5.94. The number of nitrogens with zero attached hydrogens (tertiary/aromatic N) is 1. The van der Waals surface area contributed by atoms with E-state index in [1.807, 2.05) is 19.1 Å². The summed E-state index contributed by atoms with van der Waals surface area (Å²) in [7, 11) is 0. The van der Waals surface area contributed by atoms with Gasteiger partial charge in [0.1, 0.15) is 12.4 Å². The van der Waals surface area contributed by atoms with E-state index in [1.54, 1.807) is 18.3 Å². The maximum Gasteiger partial charge on any atom is 0.416 e. The van der Waals surface area contributed by atoms with Gasteiger partial charge in [-0.2, -0.15) is 18.3 Å². The van der Waals surface area contributed by atoms with Crippen LogP contribution in [0.5, 0.6) is 5.75 Å². The number of aryl methyl sites for hydroxylation is 1. The molecule has 1 aliphatic rings. The van der Waals surface area contributed by atoms with Gasteiger partial charge in [-0.05, 0) is 29.7 Å². The van der Waals surface area contributed by atoms with Crippen molar-refractivity contribution in [2.45, 2.75) is 38.5 Å². The number of benzene rings is 2. The van der Waals surface area contributed by atoms with Gasteiger partial charge in [0, 0.05) is 29.7 Å². The SMILES string of the molecule is CCc1cc(C2CC(=O)Nc3n[nH]cc32)ccc1OCc1ccccc1C(F)(F)F. The highest BCUT2D eigenvalue weighted by Gasteiger charge is 2.33. The minimum atomic E-state index is -4.43. The van der Waals surface area contributed by atoms with E-state index in [4.69, 9.17) is 4.74 Å². The maximum atomic E-state index is 13.2. The average molecular weight is 415 g/mol. The molecular formula is C22H20F3N3O2. The van der Waals surface area contributed by atoms with E-state index in [0.29, 0.717) is 24.4 Å². The van der Waals surface area contributed by atoms with Crippen molar-refractivity contribution in [3.8, 4) is 5.75 Å². The Morgan fingerprint density at radius 1 is 1.17 bits per heavy atom. The van der Waals surface area contributed by atoms with E-state index in [-0.39, 0.29) is 24.0 Å². The Hall–Kier alpha value is -3.29. The lowest BCUT2D eigenvalue weighted by Gasteiger charge is -2.23. The Bertz CT molecular complexity index is 1080. The van der Waals surface area contributed by atoms with Gasteiger partial charge in [0.05, 0.1) is 5.56 Å². The molecule has 0 saturated carbocycles. The van der Waals surface area contributed by atoms with Crippen molar-refractivity contribution in [1.82, 2.24) is 10.2 Å². The monoisotopic (exact) mass is 415 g/mol. The summed E-state index contributed by atoms with van der Waals surface area (Å²) in [5, 5.41) is 9.57. The summed E-state index contributed by atoms with van der Waals surface area (Å²) in [6.45, 7) is 1.77. The first-order valence-electron chi connectivity index (χ1n) is 9.61. The summed E-state index contributed by atoms with van der Waals surface area (Å²) < 4.78 is 45.4. The second kappa shape index (κ2) is 7.85. The number of aromatic nitrogens is 2. The van der Waals surface area contributed by atoms with Crippen molar-refractivity contribution in [1.29, 1.82) is 0 Å². The van der Waals surface area contributed by atoms with Crippen molar-refractivity contribution in [3.05, 3.63) is 76.5 Å². The molecule has 0 saturated heterocycles. The molecule has 156 valence electrons. The van der Waals surface area contributed by atoms with Gasteiger partial charge in [-0.1, -0.05) is 37.3 Å². The van der Waals surface area contributed by atoms with Crippen LogP contribution in [0.15, 0.2) is 48.7 Å². The number of anilines is 1. The molecule has 1 unspecified atom stereocenters. The Morgan fingerprint density at radius 3 is 2.73 bits per heavy atom. The van der Waals surface area contributed by atoms with E-state index < -0.39 is 11.7 Å². The number of aromatic amines is 1. The van der Waals surface area contributed by atoms with Crippen LogP contribution in [0, 0.1) is 0 Å². The summed E-state index contributed by atoms with van der Waals surface area (Å²) in [6.07, 6.45) is -1.72. The van der Waals surface area contributed by atoms with Crippen LogP contribution in [0.25, 0.3) is 0 Å². The van der Waals surface area contributed by atoms with Gasteiger partial charge < -0.3 is 10.1 Å². The van der Waals surface area contributed by atoms with E-state index >= 15 is 0 Å². The van der Waals surface area contributed by atoms with Crippen LogP contribution < -0.4 is 10.1 Å². The lowest BCUT2D eigenvalue weighted by atomic mass is 9.86. The van der Waals surface area contributed by atoms with Gasteiger partial charge in [-0.25, -0.2) is 0 Å². The van der Waals surface area contributed by atoms with Crippen molar-refractivity contribution in [2.75, 3.05) is 5.32 Å². The standard InChI is InChI=1S/C22H20F3N3O2/c1-2-13-9-14(16-10-20(29)27-21-17(16)11-26-28-21)7-8-19(13)30-12-15-5-3-4-6-18(15)22(23,24)25/h3-9,11,16H,2,10,12H2,1H3,(H2,26,27,28,29). The first-order chi connectivity index (χ1) is 14.4. The molecule has 2 aromatic carbocycles. The number of H-pyrrole nitrogens is 1. The number of rotatable bonds is 5. The van der Waals surface area contributed by atoms with Crippen LogP contribution in [0.3, 0.4) is 0 Å². The van der Waals surface area contributed by atoms with Gasteiger partial charge in [-0.15, -0.1) is 0 Å². The molecule has 2 heterocycles. The predicted octanol–water partition coefficient (Wildman–Crippen LogP) is 5.04. The van der Waals surface area contributed by atoms with Gasteiger partial charge in [0.15, 0.2) is 5.82 Å². The number of nitrogens with one attached hydrogen (secondary N) is 2. The average Bonchev–Trinajstić information content (AvgIpc) is 3.19. The topological polar surface area (TPSA) is 67.0 Å². The predicted molar refractivity (Wildman–Crippen MR) is 105 cm³/mol. The molecule has 3 aromatic rings. The first-order valence-corrected chi connectivity index (χ1v) is 9.61. The number of alkyl halides is 3. The van der Waals surface area contributed by atoms with Crippen LogP contribution in [-0.4, -0.2) is 16.1 Å². The van der Waals surface area contributed by atoms with Crippen LogP contribution in [-0.2, 0) is 24.0 Å². The van der Waals surface area contributed by atoms with Crippen LogP contribution in [0.4, 0.5) is 19.0 Å². The number of hydrogen-bond acceptors (Lipinski definition) is 3. The number of carbonyl (C=O) groups excluding carboxylic acids is 1. The summed E-state index contributed by atoms with van der Waals surface area (Å²) in [6, 6.07) is 11.0. The molecule has 0 radical (unpaired) electrons. The fourth-order valence-electron chi connectivity index (χ4n) is 3.75. The van der Waals surface area contributed by atoms with Crippen LogP contribution in [0.1, 0.15) is 47.1 Å². The first kappa shape index (κ1) is 20.0. The molecule has 0 aliphatic carbocycles. The lowest BCUT2D eigenvalue weighted by molar-refractivity contribution is -0.138. The smallest absolute Gasteiger partial charge is 0.416 e. The quantitative estimate of drug-likeness (QED) is 0.613. The molecule has 5 nitrogen and oxygen atoms in total. The van der Waals surface area contributed by atoms with Crippen LogP contribution in [0.2, 0.25) is 0 Å². The third-order valence-electron chi connectivity index (χ3n) is 5.27. The maximum absolute atomic E-state index is 13.2. The summed E-state index contributed by atoms with van der Waals surface area (Å²) in [5.74, 6) is 0.809. The summed E-state index contributed by atoms with van der Waals surface area (Å²) in [4.78, 5) is 12.0. The highest BCUT2D eigenvalue weighted by atomic mass is 19.4. The molecule has 1 atom stereocenters. The number of fused-ring (bicyclic) bond motifs is 1. The lowest BCUT2D eigenvalue weighted by Crippen LogP contribution is -2.23. The molecule has 30 heavy (non-hydrogen) atoms. The zero-order chi connectivity index (χ0) is 21.3. The highest BCUT2D eigenvalue weighted by Crippen LogP contribution is 2.38. The number of carbonyl (C=O) groups is 1. The van der Waals surface area contributed by atoms with Crippen molar-refractivity contribution in [3.63, 3.8) is 0 Å². The minimum Gasteiger partial charge on any atom is -0.489 e. The normalized spacial score (nSPS) is 16.1. The Morgan fingerprint density at radius 2 is 1.97 bits per heavy atom. The second-order valence-electron chi connectivity index (χ2n) is 7.16. The van der Waals surface area contributed by atoms with Gasteiger partial charge >= 0.3 is 6.18 Å². The largest absolute Gasteiger partial charge is 0.489 e. The van der Waals surface area contributed by atoms with E-state index in [9.17, 15) is 18.0 Å². The zero-order valence-electron chi connectivity index (χ0n) is 16.2. The zero-order valence-corrected chi connectivity index (χ0v) is 16.2. The molecule has 0 bridgehead atoms. The molecular weight excluding hydrogens is 395 g/mol. The molecule has 1 aliphatic heterocycles. The van der Waals surface area contributed by atoms with Gasteiger partial charge in [-0.3, -0.25) is 9.89 Å². The summed E-state index contributed by atoms with van der Waals surface area (Å²) >= 11 is 0. The number of hydrogen-bond donors (Lipinski definition) is 2. The molecule has 8 heteroatoms. The number of amides is 1. The molecule has 1 amide bonds.